The number of hydrogen-bond acceptors (Lipinski definition) is 8. The van der Waals surface area contributed by atoms with E-state index in [9.17, 15) is 23.1 Å². The lowest BCUT2D eigenvalue weighted by Gasteiger charge is -2.40. The summed E-state index contributed by atoms with van der Waals surface area (Å²) >= 11 is 0. The van der Waals surface area contributed by atoms with Gasteiger partial charge in [0, 0.05) is 24.5 Å². The Morgan fingerprint density at radius 2 is 1.80 bits per heavy atom. The number of nitrogens with zero attached hydrogens (tertiary/aromatic N) is 1. The second-order valence-electron chi connectivity index (χ2n) is 10.8. The number of ether oxygens (including phenoxy) is 1. The molecular formula is C31H41Cl2N3O7S. The van der Waals surface area contributed by atoms with Crippen molar-refractivity contribution >= 4 is 52.3 Å². The number of carbonyl (C=O) groups excluding carboxylic acids is 1. The molecule has 2 unspecified atom stereocenters. The number of sulfonamides is 1. The summed E-state index contributed by atoms with van der Waals surface area (Å²) in [6.45, 7) is 0.465. The van der Waals surface area contributed by atoms with Crippen molar-refractivity contribution < 1.29 is 33.0 Å². The zero-order chi connectivity index (χ0) is 30.0. The van der Waals surface area contributed by atoms with Gasteiger partial charge in [-0.2, -0.15) is 0 Å². The van der Waals surface area contributed by atoms with E-state index in [2.05, 4.69) is 15.0 Å². The van der Waals surface area contributed by atoms with Crippen molar-refractivity contribution in [2.45, 2.75) is 63.3 Å². The van der Waals surface area contributed by atoms with Crippen LogP contribution in [0.2, 0.25) is 0 Å². The average molecular weight is 671 g/mol. The number of aromatic nitrogens is 1. The fourth-order valence-corrected chi connectivity index (χ4v) is 6.39. The lowest BCUT2D eigenvalue weighted by atomic mass is 9.73. The number of carbonyl (C=O) groups is 2. The van der Waals surface area contributed by atoms with Crippen LogP contribution in [0.1, 0.15) is 62.2 Å². The molecule has 10 nitrogen and oxygen atoms in total. The van der Waals surface area contributed by atoms with Crippen molar-refractivity contribution in [1.29, 1.82) is 0 Å². The summed E-state index contributed by atoms with van der Waals surface area (Å²) in [6.07, 6.45) is 11.3. The monoisotopic (exact) mass is 669 g/mol. The highest BCUT2D eigenvalue weighted by Crippen LogP contribution is 2.40. The van der Waals surface area contributed by atoms with E-state index in [1.54, 1.807) is 30.6 Å². The number of nitrogens with one attached hydrogen (secondary N) is 2. The predicted octanol–water partition coefficient (Wildman–Crippen LogP) is 4.22. The van der Waals surface area contributed by atoms with Crippen molar-refractivity contribution in [3.8, 4) is 0 Å². The lowest BCUT2D eigenvalue weighted by Crippen LogP contribution is -2.53. The van der Waals surface area contributed by atoms with Crippen molar-refractivity contribution in [3.63, 3.8) is 0 Å². The van der Waals surface area contributed by atoms with Gasteiger partial charge in [-0.25, -0.2) is 8.42 Å². The van der Waals surface area contributed by atoms with Crippen LogP contribution in [-0.4, -0.2) is 66.5 Å². The molecule has 2 aliphatic rings. The van der Waals surface area contributed by atoms with Crippen molar-refractivity contribution in [1.82, 2.24) is 15.0 Å². The minimum Gasteiger partial charge on any atom is -0.481 e. The fraction of sp³-hybridized carbons (Fsp3) is 0.452. The average Bonchev–Trinajstić information content (AvgIpc) is 3.00. The minimum atomic E-state index is -4.22. The number of carboxylic acids is 1. The zero-order valence-corrected chi connectivity index (χ0v) is 26.8. The van der Waals surface area contributed by atoms with Crippen LogP contribution in [0, 0.1) is 5.41 Å². The molecular weight excluding hydrogens is 629 g/mol. The highest BCUT2D eigenvalue weighted by Gasteiger charge is 2.47. The largest absolute Gasteiger partial charge is 0.481 e. The number of aliphatic hydroxyl groups is 1. The smallest absolute Gasteiger partial charge is 0.304 e. The molecule has 1 amide bonds. The molecule has 0 aliphatic heterocycles. The molecule has 3 atom stereocenters. The molecule has 1 aromatic carbocycles. The first kappa shape index (κ1) is 37.4. The SMILES string of the molecule is Cl.Cl.O=C(O)CCS(=O)(=O)NC(=O)C1(CCNC[C@H](O)c2cccnc2)C=CC(c2ccccc2)=CC1OC1CCCCC1. The molecule has 1 heterocycles. The highest BCUT2D eigenvalue weighted by molar-refractivity contribution is 7.90. The number of benzene rings is 1. The molecule has 1 saturated carbocycles. The number of pyridine rings is 1. The van der Waals surface area contributed by atoms with Gasteiger partial charge in [0.1, 0.15) is 0 Å². The van der Waals surface area contributed by atoms with Crippen LogP contribution in [0.5, 0.6) is 0 Å². The zero-order valence-electron chi connectivity index (χ0n) is 24.3. The van der Waals surface area contributed by atoms with E-state index in [1.165, 1.54) is 0 Å². The van der Waals surface area contributed by atoms with Gasteiger partial charge < -0.3 is 20.3 Å². The fourth-order valence-electron chi connectivity index (χ4n) is 5.37. The van der Waals surface area contributed by atoms with Crippen LogP contribution < -0.4 is 10.0 Å². The van der Waals surface area contributed by atoms with Crippen LogP contribution >= 0.6 is 24.8 Å². The van der Waals surface area contributed by atoms with E-state index in [1.807, 2.05) is 42.5 Å². The summed E-state index contributed by atoms with van der Waals surface area (Å²) in [4.78, 5) is 29.0. The van der Waals surface area contributed by atoms with E-state index in [4.69, 9.17) is 9.84 Å². The third kappa shape index (κ3) is 10.4. The third-order valence-corrected chi connectivity index (χ3v) is 9.01. The minimum absolute atomic E-state index is 0. The molecule has 0 radical (unpaired) electrons. The molecule has 0 saturated heterocycles. The number of amides is 1. The maximum absolute atomic E-state index is 13.9. The lowest BCUT2D eigenvalue weighted by molar-refractivity contribution is -0.138. The first-order valence-corrected chi connectivity index (χ1v) is 16.0. The topological polar surface area (TPSA) is 155 Å². The summed E-state index contributed by atoms with van der Waals surface area (Å²) in [5, 5.41) is 22.7. The predicted molar refractivity (Wildman–Crippen MR) is 173 cm³/mol. The van der Waals surface area contributed by atoms with Crippen LogP contribution in [0.4, 0.5) is 0 Å². The Morgan fingerprint density at radius 3 is 2.45 bits per heavy atom. The first-order chi connectivity index (χ1) is 20.2. The number of carboxylic acid groups (broad SMARTS) is 1. The second kappa shape index (κ2) is 17.6. The molecule has 2 aromatic rings. The van der Waals surface area contributed by atoms with E-state index < -0.39 is 51.7 Å². The van der Waals surface area contributed by atoms with Crippen molar-refractivity contribution in [2.24, 2.45) is 5.41 Å². The van der Waals surface area contributed by atoms with Crippen LogP contribution in [0.25, 0.3) is 5.57 Å². The molecule has 1 aromatic heterocycles. The van der Waals surface area contributed by atoms with E-state index >= 15 is 0 Å². The number of rotatable bonds is 14. The molecule has 4 rings (SSSR count). The molecule has 2 aliphatic carbocycles. The van der Waals surface area contributed by atoms with Gasteiger partial charge in [-0.3, -0.25) is 19.3 Å². The van der Waals surface area contributed by atoms with Gasteiger partial charge in [0.2, 0.25) is 15.9 Å². The Morgan fingerprint density at radius 1 is 1.07 bits per heavy atom. The second-order valence-corrected chi connectivity index (χ2v) is 12.7. The Hall–Kier alpha value is -2.80. The van der Waals surface area contributed by atoms with Crippen molar-refractivity contribution in [2.75, 3.05) is 18.8 Å². The van der Waals surface area contributed by atoms with E-state index in [-0.39, 0.29) is 50.4 Å². The molecule has 242 valence electrons. The number of hydrogen-bond donors (Lipinski definition) is 4. The van der Waals surface area contributed by atoms with Crippen LogP contribution in [-0.2, 0) is 24.3 Å². The van der Waals surface area contributed by atoms with Gasteiger partial charge >= 0.3 is 5.97 Å². The Labute approximate surface area is 271 Å². The molecule has 0 spiro atoms. The molecule has 44 heavy (non-hydrogen) atoms. The van der Waals surface area contributed by atoms with Crippen LogP contribution in [0.15, 0.2) is 73.1 Å². The van der Waals surface area contributed by atoms with Gasteiger partial charge in [-0.15, -0.1) is 24.8 Å². The number of aliphatic carboxylic acids is 1. The Balaban J connectivity index is 0.00000337. The van der Waals surface area contributed by atoms with Gasteiger partial charge in [0.15, 0.2) is 0 Å². The normalized spacial score (nSPS) is 20.8. The standard InChI is InChI=1S/C31H39N3O7S.2ClH/c35-27(25-10-7-17-32-21-25)22-33-18-16-31(30(38)34-42(39,40)19-14-29(36)37)15-13-24(23-8-3-1-4-9-23)20-28(31)41-26-11-5-2-6-12-26;;/h1,3-4,7-10,13,15,17,20-21,26-28,33,35H,2,5-6,11-12,14,16,18-19,22H2,(H,34,38)(H,36,37);2*1H/t27-,28?,31?;;/m0../s1. The maximum atomic E-state index is 13.9. The molecule has 0 bridgehead atoms. The van der Waals surface area contributed by atoms with Crippen molar-refractivity contribution in [3.05, 3.63) is 84.2 Å². The Kier molecular flexibility index (Phi) is 15.0. The highest BCUT2D eigenvalue weighted by atomic mass is 35.5. The van der Waals surface area contributed by atoms with E-state index in [0.717, 1.165) is 43.2 Å². The van der Waals surface area contributed by atoms with Gasteiger partial charge in [-0.05, 0) is 49.1 Å². The quantitative estimate of drug-likeness (QED) is 0.216. The summed E-state index contributed by atoms with van der Waals surface area (Å²) < 4.78 is 34.3. The van der Waals surface area contributed by atoms with E-state index in [0.29, 0.717) is 5.56 Å². The summed E-state index contributed by atoms with van der Waals surface area (Å²) in [6, 6.07) is 13.2. The summed E-state index contributed by atoms with van der Waals surface area (Å²) in [7, 11) is -4.22. The maximum Gasteiger partial charge on any atom is 0.304 e. The third-order valence-electron chi connectivity index (χ3n) is 7.78. The van der Waals surface area contributed by atoms with Gasteiger partial charge in [0.25, 0.3) is 0 Å². The first-order valence-electron chi connectivity index (χ1n) is 14.4. The Bertz CT molecular complexity index is 1370. The molecule has 4 N–H and O–H groups in total. The number of halogens is 2. The summed E-state index contributed by atoms with van der Waals surface area (Å²) in [5.74, 6) is -2.77. The number of aliphatic hydroxyl groups excluding tert-OH is 1. The summed E-state index contributed by atoms with van der Waals surface area (Å²) in [5.41, 5.74) is 1.03. The molecule has 1 fully saturated rings. The molecule has 13 heteroatoms. The van der Waals surface area contributed by atoms with Gasteiger partial charge in [0.05, 0.1) is 35.9 Å². The van der Waals surface area contributed by atoms with Crippen LogP contribution in [0.3, 0.4) is 0 Å². The number of allylic oxidation sites excluding steroid dienone is 2. The van der Waals surface area contributed by atoms with Gasteiger partial charge in [-0.1, -0.05) is 67.8 Å².